The summed E-state index contributed by atoms with van der Waals surface area (Å²) in [5.41, 5.74) is 0.680. The van der Waals surface area contributed by atoms with Crippen LogP contribution in [-0.2, 0) is 0 Å². The minimum atomic E-state index is 0.558. The molecule has 0 saturated heterocycles. The SMILES string of the molecule is COc1cccn2nc(-c3ccc(C)o3)nc12. The maximum atomic E-state index is 5.49. The van der Waals surface area contributed by atoms with Crippen LogP contribution in [0.1, 0.15) is 5.76 Å². The second-order valence-electron chi connectivity index (χ2n) is 3.69. The highest BCUT2D eigenvalue weighted by Gasteiger charge is 2.12. The summed E-state index contributed by atoms with van der Waals surface area (Å²) >= 11 is 0. The quantitative estimate of drug-likeness (QED) is 0.676. The van der Waals surface area contributed by atoms with Crippen LogP contribution in [0.2, 0.25) is 0 Å². The molecular weight excluding hydrogens is 218 g/mol. The Hall–Kier alpha value is -2.30. The summed E-state index contributed by atoms with van der Waals surface area (Å²) in [6.07, 6.45) is 1.82. The monoisotopic (exact) mass is 229 g/mol. The standard InChI is InChI=1S/C12H11N3O2/c1-8-5-6-9(17-8)11-13-12-10(16-2)4-3-7-15(12)14-11/h3-7H,1-2H3. The van der Waals surface area contributed by atoms with Gasteiger partial charge in [0, 0.05) is 6.20 Å². The molecule has 5 heteroatoms. The van der Waals surface area contributed by atoms with Crippen molar-refractivity contribution in [3.8, 4) is 17.3 Å². The van der Waals surface area contributed by atoms with Gasteiger partial charge in [0.1, 0.15) is 5.76 Å². The third kappa shape index (κ3) is 1.56. The Morgan fingerprint density at radius 1 is 1.29 bits per heavy atom. The Morgan fingerprint density at radius 3 is 2.88 bits per heavy atom. The summed E-state index contributed by atoms with van der Waals surface area (Å²) < 4.78 is 12.4. The lowest BCUT2D eigenvalue weighted by Gasteiger charge is -1.98. The second-order valence-corrected chi connectivity index (χ2v) is 3.69. The Labute approximate surface area is 97.7 Å². The van der Waals surface area contributed by atoms with Gasteiger partial charge in [-0.3, -0.25) is 0 Å². The molecule has 0 spiro atoms. The van der Waals surface area contributed by atoms with E-state index >= 15 is 0 Å². The van der Waals surface area contributed by atoms with E-state index in [0.717, 1.165) is 5.76 Å². The summed E-state index contributed by atoms with van der Waals surface area (Å²) in [7, 11) is 1.61. The molecule has 0 amide bonds. The minimum Gasteiger partial charge on any atom is -0.493 e. The molecule has 0 bridgehead atoms. The van der Waals surface area contributed by atoms with Gasteiger partial charge in [0.25, 0.3) is 0 Å². The number of hydrogen-bond acceptors (Lipinski definition) is 4. The maximum Gasteiger partial charge on any atom is 0.218 e. The number of aromatic nitrogens is 3. The zero-order valence-electron chi connectivity index (χ0n) is 9.54. The molecule has 0 atom stereocenters. The molecule has 0 saturated carbocycles. The van der Waals surface area contributed by atoms with Gasteiger partial charge in [0.2, 0.25) is 5.82 Å². The molecule has 17 heavy (non-hydrogen) atoms. The van der Waals surface area contributed by atoms with E-state index in [2.05, 4.69) is 10.1 Å². The summed E-state index contributed by atoms with van der Waals surface area (Å²) in [5, 5.41) is 4.34. The summed E-state index contributed by atoms with van der Waals surface area (Å²) in [6.45, 7) is 1.89. The fraction of sp³-hybridized carbons (Fsp3) is 0.167. The molecule has 0 aliphatic heterocycles. The molecule has 3 heterocycles. The molecule has 0 aliphatic carbocycles. The van der Waals surface area contributed by atoms with Gasteiger partial charge in [-0.2, -0.15) is 0 Å². The third-order valence-electron chi connectivity index (χ3n) is 2.51. The van der Waals surface area contributed by atoms with E-state index < -0.39 is 0 Å². The first kappa shape index (κ1) is 9.89. The van der Waals surface area contributed by atoms with Crippen molar-refractivity contribution in [2.75, 3.05) is 7.11 Å². The number of fused-ring (bicyclic) bond motifs is 1. The van der Waals surface area contributed by atoms with E-state index in [-0.39, 0.29) is 0 Å². The number of methoxy groups -OCH3 is 1. The zero-order valence-corrected chi connectivity index (χ0v) is 9.54. The van der Waals surface area contributed by atoms with Crippen molar-refractivity contribution in [2.24, 2.45) is 0 Å². The molecule has 0 N–H and O–H groups in total. The first-order valence-electron chi connectivity index (χ1n) is 5.24. The lowest BCUT2D eigenvalue weighted by Crippen LogP contribution is -1.90. The second kappa shape index (κ2) is 3.62. The van der Waals surface area contributed by atoms with Crippen LogP contribution in [0, 0.1) is 6.92 Å². The Kier molecular flexibility index (Phi) is 2.11. The van der Waals surface area contributed by atoms with Gasteiger partial charge in [-0.15, -0.1) is 5.10 Å². The van der Waals surface area contributed by atoms with Crippen molar-refractivity contribution in [1.82, 2.24) is 14.6 Å². The highest BCUT2D eigenvalue weighted by Crippen LogP contribution is 2.22. The number of aryl methyl sites for hydroxylation is 1. The van der Waals surface area contributed by atoms with Crippen molar-refractivity contribution in [3.05, 3.63) is 36.2 Å². The fourth-order valence-corrected chi connectivity index (χ4v) is 1.70. The molecule has 0 unspecified atom stereocenters. The van der Waals surface area contributed by atoms with Crippen molar-refractivity contribution in [2.45, 2.75) is 6.92 Å². The number of rotatable bonds is 2. The third-order valence-corrected chi connectivity index (χ3v) is 2.51. The average molecular weight is 229 g/mol. The molecule has 0 aromatic carbocycles. The molecule has 3 rings (SSSR count). The van der Waals surface area contributed by atoms with E-state index in [9.17, 15) is 0 Å². The molecule has 86 valence electrons. The van der Waals surface area contributed by atoms with Crippen molar-refractivity contribution in [3.63, 3.8) is 0 Å². The van der Waals surface area contributed by atoms with Gasteiger partial charge >= 0.3 is 0 Å². The Morgan fingerprint density at radius 2 is 2.18 bits per heavy atom. The summed E-state index contributed by atoms with van der Waals surface area (Å²) in [6, 6.07) is 7.45. The molecule has 3 aromatic rings. The average Bonchev–Trinajstić information content (AvgIpc) is 2.93. The van der Waals surface area contributed by atoms with E-state index in [0.29, 0.717) is 23.0 Å². The van der Waals surface area contributed by atoms with Gasteiger partial charge in [-0.1, -0.05) is 0 Å². The molecular formula is C12H11N3O2. The first-order valence-corrected chi connectivity index (χ1v) is 5.24. The highest BCUT2D eigenvalue weighted by atomic mass is 16.5. The van der Waals surface area contributed by atoms with Gasteiger partial charge < -0.3 is 9.15 Å². The fourth-order valence-electron chi connectivity index (χ4n) is 1.70. The topological polar surface area (TPSA) is 52.6 Å². The number of hydrogen-bond donors (Lipinski definition) is 0. The van der Waals surface area contributed by atoms with Crippen LogP contribution in [0.25, 0.3) is 17.2 Å². The first-order chi connectivity index (χ1) is 8.28. The lowest BCUT2D eigenvalue weighted by molar-refractivity contribution is 0.416. The summed E-state index contributed by atoms with van der Waals surface area (Å²) in [4.78, 5) is 4.40. The number of pyridine rings is 1. The zero-order chi connectivity index (χ0) is 11.8. The van der Waals surface area contributed by atoms with Crippen LogP contribution in [-0.4, -0.2) is 21.7 Å². The van der Waals surface area contributed by atoms with Crippen molar-refractivity contribution in [1.29, 1.82) is 0 Å². The molecule has 3 aromatic heterocycles. The van der Waals surface area contributed by atoms with Crippen LogP contribution < -0.4 is 4.74 Å². The predicted molar refractivity (Wildman–Crippen MR) is 62.0 cm³/mol. The van der Waals surface area contributed by atoms with Crippen LogP contribution >= 0.6 is 0 Å². The summed E-state index contributed by atoms with van der Waals surface area (Å²) in [5.74, 6) is 2.75. The Bertz CT molecular complexity index is 669. The molecule has 0 aliphatic rings. The van der Waals surface area contributed by atoms with Gasteiger partial charge in [-0.25, -0.2) is 9.50 Å². The van der Waals surface area contributed by atoms with Crippen LogP contribution in [0.15, 0.2) is 34.9 Å². The molecule has 0 fully saturated rings. The van der Waals surface area contributed by atoms with E-state index in [1.165, 1.54) is 0 Å². The predicted octanol–water partition coefficient (Wildman–Crippen LogP) is 2.31. The normalized spacial score (nSPS) is 10.9. The van der Waals surface area contributed by atoms with Crippen molar-refractivity contribution >= 4 is 5.65 Å². The maximum absolute atomic E-state index is 5.49. The van der Waals surface area contributed by atoms with Gasteiger partial charge in [-0.05, 0) is 31.2 Å². The van der Waals surface area contributed by atoms with E-state index in [1.54, 1.807) is 11.6 Å². The van der Waals surface area contributed by atoms with E-state index in [4.69, 9.17) is 9.15 Å². The van der Waals surface area contributed by atoms with Crippen LogP contribution in [0.5, 0.6) is 5.75 Å². The van der Waals surface area contributed by atoms with Crippen LogP contribution in [0.4, 0.5) is 0 Å². The van der Waals surface area contributed by atoms with Crippen LogP contribution in [0.3, 0.4) is 0 Å². The highest BCUT2D eigenvalue weighted by molar-refractivity contribution is 5.58. The number of nitrogens with zero attached hydrogens (tertiary/aromatic N) is 3. The smallest absolute Gasteiger partial charge is 0.218 e. The van der Waals surface area contributed by atoms with Crippen molar-refractivity contribution < 1.29 is 9.15 Å². The lowest BCUT2D eigenvalue weighted by atomic mass is 10.4. The number of ether oxygens (including phenoxy) is 1. The van der Waals surface area contributed by atoms with E-state index in [1.807, 2.05) is 37.4 Å². The Balaban J connectivity index is 2.19. The van der Waals surface area contributed by atoms with Gasteiger partial charge in [0.15, 0.2) is 17.2 Å². The molecule has 5 nitrogen and oxygen atoms in total. The number of furan rings is 1. The largest absolute Gasteiger partial charge is 0.493 e. The minimum absolute atomic E-state index is 0.558. The van der Waals surface area contributed by atoms with Gasteiger partial charge in [0.05, 0.1) is 7.11 Å². The molecule has 0 radical (unpaired) electrons.